The smallest absolute Gasteiger partial charge is 0.120 e. The molecule has 0 saturated carbocycles. The average Bonchev–Trinajstić information content (AvgIpc) is 2.83. The van der Waals surface area contributed by atoms with Crippen LogP contribution < -0.4 is 10.1 Å². The number of hydrogen-bond acceptors (Lipinski definition) is 3. The summed E-state index contributed by atoms with van der Waals surface area (Å²) in [5.74, 6) is 0.932. The Bertz CT molecular complexity index is 425. The van der Waals surface area contributed by atoms with Gasteiger partial charge in [0.05, 0.1) is 17.7 Å². The van der Waals surface area contributed by atoms with Gasteiger partial charge in [-0.1, -0.05) is 19.1 Å². The molecular formula is C17H27NO2. The summed E-state index contributed by atoms with van der Waals surface area (Å²) < 4.78 is 11.8. The van der Waals surface area contributed by atoms with Crippen LogP contribution in [-0.2, 0) is 4.74 Å². The van der Waals surface area contributed by atoms with Crippen molar-refractivity contribution in [1.29, 1.82) is 0 Å². The molecule has 1 aromatic rings. The zero-order valence-corrected chi connectivity index (χ0v) is 13.1. The van der Waals surface area contributed by atoms with Crippen LogP contribution in [-0.4, -0.2) is 24.9 Å². The molecule has 1 aliphatic heterocycles. The maximum atomic E-state index is 6.03. The lowest BCUT2D eigenvalue weighted by atomic mass is 9.87. The van der Waals surface area contributed by atoms with E-state index in [2.05, 4.69) is 51.2 Å². The first-order valence-electron chi connectivity index (χ1n) is 7.69. The van der Waals surface area contributed by atoms with Gasteiger partial charge in [-0.3, -0.25) is 0 Å². The molecule has 2 atom stereocenters. The molecule has 0 aliphatic carbocycles. The lowest BCUT2D eigenvalue weighted by Gasteiger charge is -2.34. The average molecular weight is 277 g/mol. The highest BCUT2D eigenvalue weighted by Crippen LogP contribution is 2.38. The minimum Gasteiger partial charge on any atom is -0.491 e. The van der Waals surface area contributed by atoms with Crippen molar-refractivity contribution in [3.05, 3.63) is 29.8 Å². The van der Waals surface area contributed by atoms with E-state index >= 15 is 0 Å². The summed E-state index contributed by atoms with van der Waals surface area (Å²) in [5, 5.41) is 3.58. The van der Waals surface area contributed by atoms with E-state index in [0.717, 1.165) is 31.7 Å². The largest absolute Gasteiger partial charge is 0.491 e. The number of likely N-dealkylation sites (N-methyl/N-ethyl adjacent to an activating group) is 1. The predicted octanol–water partition coefficient (Wildman–Crippen LogP) is 3.69. The summed E-state index contributed by atoms with van der Waals surface area (Å²) >= 11 is 0. The summed E-state index contributed by atoms with van der Waals surface area (Å²) in [6.07, 6.45) is 2.43. The number of ether oxygens (including phenoxy) is 2. The van der Waals surface area contributed by atoms with E-state index in [4.69, 9.17) is 9.47 Å². The first-order valence-corrected chi connectivity index (χ1v) is 7.69. The Morgan fingerprint density at radius 2 is 2.20 bits per heavy atom. The third-order valence-corrected chi connectivity index (χ3v) is 3.83. The van der Waals surface area contributed by atoms with Crippen LogP contribution in [0.5, 0.6) is 5.75 Å². The summed E-state index contributed by atoms with van der Waals surface area (Å²) in [6.45, 7) is 10.2. The molecule has 1 aromatic carbocycles. The Morgan fingerprint density at radius 1 is 1.40 bits per heavy atom. The van der Waals surface area contributed by atoms with Crippen LogP contribution in [0.2, 0.25) is 0 Å². The Kier molecular flexibility index (Phi) is 5.06. The van der Waals surface area contributed by atoms with Crippen molar-refractivity contribution < 1.29 is 9.47 Å². The molecule has 2 rings (SSSR count). The Labute approximate surface area is 122 Å². The van der Waals surface area contributed by atoms with E-state index in [1.54, 1.807) is 0 Å². The van der Waals surface area contributed by atoms with Crippen molar-refractivity contribution in [2.75, 3.05) is 13.2 Å². The fraction of sp³-hybridized carbons (Fsp3) is 0.647. The first kappa shape index (κ1) is 15.3. The molecule has 1 fully saturated rings. The highest BCUT2D eigenvalue weighted by Gasteiger charge is 2.38. The van der Waals surface area contributed by atoms with Gasteiger partial charge in [-0.25, -0.2) is 0 Å². The van der Waals surface area contributed by atoms with Crippen LogP contribution in [0.4, 0.5) is 0 Å². The van der Waals surface area contributed by atoms with Gasteiger partial charge in [-0.15, -0.1) is 0 Å². The molecule has 0 bridgehead atoms. The Balaban J connectivity index is 2.24. The number of hydrogen-bond donors (Lipinski definition) is 1. The maximum absolute atomic E-state index is 6.03. The predicted molar refractivity (Wildman–Crippen MR) is 82.2 cm³/mol. The highest BCUT2D eigenvalue weighted by molar-refractivity contribution is 5.32. The fourth-order valence-corrected chi connectivity index (χ4v) is 2.96. The molecule has 2 unspecified atom stereocenters. The highest BCUT2D eigenvalue weighted by atomic mass is 16.5. The fourth-order valence-electron chi connectivity index (χ4n) is 2.96. The summed E-state index contributed by atoms with van der Waals surface area (Å²) in [6, 6.07) is 8.60. The summed E-state index contributed by atoms with van der Waals surface area (Å²) in [4.78, 5) is 0. The van der Waals surface area contributed by atoms with E-state index < -0.39 is 0 Å². The zero-order chi connectivity index (χ0) is 14.6. The van der Waals surface area contributed by atoms with Gasteiger partial charge in [0.15, 0.2) is 0 Å². The quantitative estimate of drug-likeness (QED) is 0.860. The van der Waals surface area contributed by atoms with Gasteiger partial charge in [-0.2, -0.15) is 0 Å². The van der Waals surface area contributed by atoms with Gasteiger partial charge in [-0.05, 0) is 57.9 Å². The Hall–Kier alpha value is -1.06. The van der Waals surface area contributed by atoms with Crippen molar-refractivity contribution in [3.8, 4) is 5.75 Å². The molecule has 3 nitrogen and oxygen atoms in total. The maximum Gasteiger partial charge on any atom is 0.120 e. The number of benzene rings is 1. The van der Waals surface area contributed by atoms with Crippen LogP contribution in [0.25, 0.3) is 0 Å². The molecule has 0 amide bonds. The third-order valence-electron chi connectivity index (χ3n) is 3.83. The van der Waals surface area contributed by atoms with Crippen LogP contribution in [0, 0.1) is 0 Å². The van der Waals surface area contributed by atoms with Gasteiger partial charge >= 0.3 is 0 Å². The molecule has 1 saturated heterocycles. The van der Waals surface area contributed by atoms with E-state index in [-0.39, 0.29) is 17.7 Å². The van der Waals surface area contributed by atoms with Crippen molar-refractivity contribution >= 4 is 0 Å². The molecule has 0 radical (unpaired) electrons. The third kappa shape index (κ3) is 3.53. The molecular weight excluding hydrogens is 250 g/mol. The minimum absolute atomic E-state index is 0.119. The van der Waals surface area contributed by atoms with E-state index in [1.165, 1.54) is 5.56 Å². The molecule has 1 heterocycles. The molecule has 0 aromatic heterocycles. The number of rotatable bonds is 6. The molecule has 3 heteroatoms. The van der Waals surface area contributed by atoms with Gasteiger partial charge in [0.25, 0.3) is 0 Å². The van der Waals surface area contributed by atoms with Gasteiger partial charge < -0.3 is 14.8 Å². The van der Waals surface area contributed by atoms with Crippen LogP contribution >= 0.6 is 0 Å². The topological polar surface area (TPSA) is 30.5 Å². The Morgan fingerprint density at radius 3 is 2.80 bits per heavy atom. The standard InChI is InChI=1S/C17H27NO2/c1-5-18-16(17(4)10-7-11-19-17)14-8-6-9-15(12-14)20-13(2)3/h6,8-9,12-13,16,18H,5,7,10-11H2,1-4H3. The zero-order valence-electron chi connectivity index (χ0n) is 13.1. The van der Waals surface area contributed by atoms with Gasteiger partial charge in [0.1, 0.15) is 5.75 Å². The molecule has 0 spiro atoms. The normalized spacial score (nSPS) is 24.1. The number of nitrogens with one attached hydrogen (secondary N) is 1. The van der Waals surface area contributed by atoms with E-state index in [9.17, 15) is 0 Å². The van der Waals surface area contributed by atoms with Crippen molar-refractivity contribution in [2.24, 2.45) is 0 Å². The monoisotopic (exact) mass is 277 g/mol. The summed E-state index contributed by atoms with van der Waals surface area (Å²) in [7, 11) is 0. The SMILES string of the molecule is CCNC(c1cccc(OC(C)C)c1)C1(C)CCCO1. The van der Waals surface area contributed by atoms with E-state index in [1.807, 2.05) is 6.07 Å². The lowest BCUT2D eigenvalue weighted by molar-refractivity contribution is -0.0121. The molecule has 1 aliphatic rings. The second kappa shape index (κ2) is 6.59. The second-order valence-corrected chi connectivity index (χ2v) is 5.99. The molecule has 20 heavy (non-hydrogen) atoms. The van der Waals surface area contributed by atoms with Crippen LogP contribution in [0.3, 0.4) is 0 Å². The second-order valence-electron chi connectivity index (χ2n) is 5.99. The van der Waals surface area contributed by atoms with Gasteiger partial charge in [0, 0.05) is 6.61 Å². The van der Waals surface area contributed by atoms with Crippen molar-refractivity contribution in [1.82, 2.24) is 5.32 Å². The van der Waals surface area contributed by atoms with Crippen molar-refractivity contribution in [2.45, 2.75) is 58.3 Å². The first-order chi connectivity index (χ1) is 9.55. The van der Waals surface area contributed by atoms with Crippen LogP contribution in [0.15, 0.2) is 24.3 Å². The summed E-state index contributed by atoms with van der Waals surface area (Å²) in [5.41, 5.74) is 1.13. The minimum atomic E-state index is -0.119. The van der Waals surface area contributed by atoms with E-state index in [0.29, 0.717) is 0 Å². The molecule has 1 N–H and O–H groups in total. The lowest BCUT2D eigenvalue weighted by Crippen LogP contribution is -2.41. The van der Waals surface area contributed by atoms with Crippen LogP contribution in [0.1, 0.15) is 52.1 Å². The van der Waals surface area contributed by atoms with Crippen molar-refractivity contribution in [3.63, 3.8) is 0 Å². The van der Waals surface area contributed by atoms with Gasteiger partial charge in [0.2, 0.25) is 0 Å². The molecule has 112 valence electrons.